The molecule has 2 atom stereocenters. The first kappa shape index (κ1) is 24.7. The highest BCUT2D eigenvalue weighted by Gasteiger charge is 2.46. The molecular weight excluding hydrogens is 539 g/mol. The number of benzene rings is 6. The van der Waals surface area contributed by atoms with E-state index in [0.29, 0.717) is 0 Å². The Bertz CT molecular complexity index is 1780. The van der Waals surface area contributed by atoms with Crippen molar-refractivity contribution in [3.05, 3.63) is 190 Å². The molecule has 0 spiro atoms. The summed E-state index contributed by atoms with van der Waals surface area (Å²) in [5, 5.41) is -0.519. The van der Waals surface area contributed by atoms with E-state index in [-0.39, 0.29) is 10.8 Å². The van der Waals surface area contributed by atoms with Crippen LogP contribution in [0.5, 0.6) is 0 Å². The van der Waals surface area contributed by atoms with Gasteiger partial charge in [0.1, 0.15) is 0 Å². The SMILES string of the molecule is ClC1c2ccccc2-c2cccc(C(c3ccccc3)(c3ccccc3)c3cccc4c3C(Cl)c3ccccc3-4)c21. The average Bonchev–Trinajstić information content (AvgIpc) is 3.51. The highest BCUT2D eigenvalue weighted by atomic mass is 35.5. The lowest BCUT2D eigenvalue weighted by molar-refractivity contribution is 0.726. The highest BCUT2D eigenvalue weighted by molar-refractivity contribution is 6.25. The van der Waals surface area contributed by atoms with Crippen molar-refractivity contribution in [3.8, 4) is 22.3 Å². The van der Waals surface area contributed by atoms with Gasteiger partial charge in [-0.25, -0.2) is 0 Å². The Morgan fingerprint density at radius 1 is 0.366 bits per heavy atom. The van der Waals surface area contributed by atoms with Crippen molar-refractivity contribution in [2.75, 3.05) is 0 Å². The molecule has 0 fully saturated rings. The minimum absolute atomic E-state index is 0.259. The predicted octanol–water partition coefficient (Wildman–Crippen LogP) is 10.7. The summed E-state index contributed by atoms with van der Waals surface area (Å²) in [4.78, 5) is 0. The van der Waals surface area contributed by atoms with Gasteiger partial charge in [-0.2, -0.15) is 0 Å². The molecule has 0 bridgehead atoms. The van der Waals surface area contributed by atoms with Crippen molar-refractivity contribution < 1.29 is 0 Å². The number of fused-ring (bicyclic) bond motifs is 6. The van der Waals surface area contributed by atoms with Crippen LogP contribution in [0.4, 0.5) is 0 Å². The molecule has 0 saturated carbocycles. The first-order valence-electron chi connectivity index (χ1n) is 14.1. The Hall–Kier alpha value is -4.10. The van der Waals surface area contributed by atoms with Crippen LogP contribution in [-0.4, -0.2) is 0 Å². The summed E-state index contributed by atoms with van der Waals surface area (Å²) in [6.07, 6.45) is 0. The molecule has 0 saturated heterocycles. The summed E-state index contributed by atoms with van der Waals surface area (Å²) in [7, 11) is 0. The Morgan fingerprint density at radius 3 is 1.17 bits per heavy atom. The van der Waals surface area contributed by atoms with E-state index in [9.17, 15) is 0 Å². The molecule has 6 aromatic carbocycles. The fourth-order valence-electron chi connectivity index (χ4n) is 7.35. The summed E-state index contributed by atoms with van der Waals surface area (Å²) >= 11 is 14.9. The Morgan fingerprint density at radius 2 is 0.732 bits per heavy atom. The third-order valence-corrected chi connectivity index (χ3v) is 9.90. The lowest BCUT2D eigenvalue weighted by Crippen LogP contribution is -2.33. The molecule has 0 radical (unpaired) electrons. The number of hydrogen-bond donors (Lipinski definition) is 0. The van der Waals surface area contributed by atoms with E-state index >= 15 is 0 Å². The van der Waals surface area contributed by atoms with Gasteiger partial charge in [-0.1, -0.05) is 146 Å². The van der Waals surface area contributed by atoms with Gasteiger partial charge in [0, 0.05) is 0 Å². The minimum atomic E-state index is -0.663. The van der Waals surface area contributed by atoms with Crippen molar-refractivity contribution >= 4 is 23.2 Å². The van der Waals surface area contributed by atoms with Crippen LogP contribution in [0.25, 0.3) is 22.3 Å². The quantitative estimate of drug-likeness (QED) is 0.147. The topological polar surface area (TPSA) is 0 Å². The molecule has 0 nitrogen and oxygen atoms in total. The summed E-state index contributed by atoms with van der Waals surface area (Å²) in [5.74, 6) is 0. The van der Waals surface area contributed by atoms with E-state index in [0.717, 1.165) is 11.1 Å². The van der Waals surface area contributed by atoms with Crippen LogP contribution in [0.15, 0.2) is 146 Å². The van der Waals surface area contributed by atoms with Gasteiger partial charge in [-0.15, -0.1) is 23.2 Å². The predicted molar refractivity (Wildman–Crippen MR) is 171 cm³/mol. The third-order valence-electron chi connectivity index (χ3n) is 8.99. The second-order valence-electron chi connectivity index (χ2n) is 10.9. The molecule has 196 valence electrons. The van der Waals surface area contributed by atoms with Crippen LogP contribution in [0.3, 0.4) is 0 Å². The van der Waals surface area contributed by atoms with Crippen LogP contribution < -0.4 is 0 Å². The molecule has 0 aromatic heterocycles. The third kappa shape index (κ3) is 3.42. The monoisotopic (exact) mass is 564 g/mol. The number of halogens is 2. The zero-order valence-electron chi connectivity index (χ0n) is 22.3. The van der Waals surface area contributed by atoms with Gasteiger partial charge in [0.15, 0.2) is 0 Å². The normalized spacial score (nSPS) is 16.5. The van der Waals surface area contributed by atoms with E-state index in [2.05, 4.69) is 146 Å². The Labute approximate surface area is 250 Å². The van der Waals surface area contributed by atoms with Gasteiger partial charge >= 0.3 is 0 Å². The number of alkyl halides is 2. The standard InChI is InChI=1S/C39H26Cl2/c40-37-31-19-9-7-17-27(31)29-21-11-23-33(35(29)37)39(25-13-3-1-4-14-25,26-15-5-2-6-16-26)34-24-12-22-30-28-18-8-10-20-32(28)38(41)36(30)34/h1-24,37-38H. The molecular formula is C39H26Cl2. The van der Waals surface area contributed by atoms with Crippen LogP contribution in [0, 0.1) is 0 Å². The molecule has 2 unspecified atom stereocenters. The molecule has 2 aliphatic carbocycles. The summed E-state index contributed by atoms with van der Waals surface area (Å²) in [5.41, 5.74) is 13.6. The smallest absolute Gasteiger partial charge is 0.0850 e. The van der Waals surface area contributed by atoms with Gasteiger partial charge < -0.3 is 0 Å². The fourth-order valence-corrected chi connectivity index (χ4v) is 8.20. The van der Waals surface area contributed by atoms with Crippen LogP contribution in [0.2, 0.25) is 0 Å². The molecule has 0 heterocycles. The molecule has 41 heavy (non-hydrogen) atoms. The number of rotatable bonds is 4. The van der Waals surface area contributed by atoms with Gasteiger partial charge in [-0.3, -0.25) is 0 Å². The van der Waals surface area contributed by atoms with Gasteiger partial charge in [-0.05, 0) is 66.8 Å². The summed E-state index contributed by atoms with van der Waals surface area (Å²) < 4.78 is 0. The first-order valence-corrected chi connectivity index (χ1v) is 14.9. The van der Waals surface area contributed by atoms with E-state index in [1.54, 1.807) is 0 Å². The van der Waals surface area contributed by atoms with Crippen LogP contribution >= 0.6 is 23.2 Å². The lowest BCUT2D eigenvalue weighted by Gasteiger charge is -2.40. The fraction of sp³-hybridized carbons (Fsp3) is 0.0769. The zero-order valence-corrected chi connectivity index (χ0v) is 23.8. The maximum atomic E-state index is 7.44. The molecule has 2 aliphatic rings. The maximum Gasteiger partial charge on any atom is 0.0850 e. The second kappa shape index (κ2) is 9.48. The largest absolute Gasteiger partial charge is 0.113 e. The van der Waals surface area contributed by atoms with Gasteiger partial charge in [0.2, 0.25) is 0 Å². The lowest BCUT2D eigenvalue weighted by atomic mass is 9.62. The number of hydrogen-bond acceptors (Lipinski definition) is 0. The molecule has 0 aliphatic heterocycles. The van der Waals surface area contributed by atoms with Crippen molar-refractivity contribution in [3.63, 3.8) is 0 Å². The molecule has 2 heteroatoms. The molecule has 8 rings (SSSR count). The van der Waals surface area contributed by atoms with Gasteiger partial charge in [0.25, 0.3) is 0 Å². The summed E-state index contributed by atoms with van der Waals surface area (Å²) in [6.45, 7) is 0. The van der Waals surface area contributed by atoms with Crippen LogP contribution in [-0.2, 0) is 5.41 Å². The van der Waals surface area contributed by atoms with Gasteiger partial charge in [0.05, 0.1) is 16.2 Å². The van der Waals surface area contributed by atoms with Crippen molar-refractivity contribution in [1.82, 2.24) is 0 Å². The van der Waals surface area contributed by atoms with Crippen molar-refractivity contribution in [2.24, 2.45) is 0 Å². The van der Waals surface area contributed by atoms with E-state index in [1.807, 2.05) is 0 Å². The first-order chi connectivity index (χ1) is 20.2. The van der Waals surface area contributed by atoms with E-state index in [1.165, 1.54) is 55.6 Å². The van der Waals surface area contributed by atoms with Crippen molar-refractivity contribution in [1.29, 1.82) is 0 Å². The molecule has 6 aromatic rings. The Kier molecular flexibility index (Phi) is 5.71. The van der Waals surface area contributed by atoms with Crippen molar-refractivity contribution in [2.45, 2.75) is 16.2 Å². The van der Waals surface area contributed by atoms with E-state index in [4.69, 9.17) is 23.2 Å². The minimum Gasteiger partial charge on any atom is -0.113 e. The highest BCUT2D eigenvalue weighted by Crippen LogP contribution is 2.58. The van der Waals surface area contributed by atoms with E-state index < -0.39 is 5.41 Å². The molecule has 0 N–H and O–H groups in total. The molecule has 0 amide bonds. The zero-order chi connectivity index (χ0) is 27.6. The maximum absolute atomic E-state index is 7.44. The second-order valence-corrected chi connectivity index (χ2v) is 11.8. The Balaban J connectivity index is 1.54. The summed E-state index contributed by atoms with van der Waals surface area (Å²) in [6, 6.07) is 52.2. The average molecular weight is 566 g/mol. The van der Waals surface area contributed by atoms with Crippen LogP contribution in [0.1, 0.15) is 55.3 Å².